The SMILES string of the molecule is O=C1COCC(=O)N1CCS. The van der Waals surface area contributed by atoms with Crippen LogP contribution in [-0.4, -0.2) is 42.2 Å². The van der Waals surface area contributed by atoms with Gasteiger partial charge in [-0.15, -0.1) is 0 Å². The molecule has 0 radical (unpaired) electrons. The molecule has 0 saturated carbocycles. The van der Waals surface area contributed by atoms with Crippen molar-refractivity contribution in [2.45, 2.75) is 0 Å². The molecule has 1 fully saturated rings. The Bertz CT molecular complexity index is 167. The third-order valence-corrected chi connectivity index (χ3v) is 1.58. The zero-order chi connectivity index (χ0) is 8.27. The van der Waals surface area contributed by atoms with E-state index < -0.39 is 0 Å². The first-order valence-corrected chi connectivity index (χ1v) is 3.90. The Balaban J connectivity index is 2.55. The minimum atomic E-state index is -0.268. The fraction of sp³-hybridized carbons (Fsp3) is 0.667. The maximum atomic E-state index is 10.9. The average molecular weight is 175 g/mol. The van der Waals surface area contributed by atoms with Crippen molar-refractivity contribution in [3.05, 3.63) is 0 Å². The van der Waals surface area contributed by atoms with Crippen LogP contribution in [0.1, 0.15) is 0 Å². The van der Waals surface area contributed by atoms with Crippen molar-refractivity contribution in [3.63, 3.8) is 0 Å². The van der Waals surface area contributed by atoms with Gasteiger partial charge in [-0.1, -0.05) is 0 Å². The van der Waals surface area contributed by atoms with E-state index in [4.69, 9.17) is 4.74 Å². The van der Waals surface area contributed by atoms with Crippen molar-refractivity contribution in [3.8, 4) is 0 Å². The zero-order valence-corrected chi connectivity index (χ0v) is 6.84. The number of nitrogens with zero attached hydrogens (tertiary/aromatic N) is 1. The monoisotopic (exact) mass is 175 g/mol. The predicted octanol–water partition coefficient (Wildman–Crippen LogP) is -0.698. The molecule has 0 aromatic heterocycles. The minimum Gasteiger partial charge on any atom is -0.362 e. The second-order valence-corrected chi connectivity index (χ2v) is 2.60. The molecule has 1 aliphatic rings. The lowest BCUT2D eigenvalue weighted by molar-refractivity contribution is -0.157. The predicted molar refractivity (Wildman–Crippen MR) is 41.4 cm³/mol. The Morgan fingerprint density at radius 1 is 1.36 bits per heavy atom. The van der Waals surface area contributed by atoms with Crippen LogP contribution < -0.4 is 0 Å². The molecule has 0 spiro atoms. The highest BCUT2D eigenvalue weighted by Gasteiger charge is 2.25. The Morgan fingerprint density at radius 3 is 2.36 bits per heavy atom. The molecule has 0 aliphatic carbocycles. The Kier molecular flexibility index (Phi) is 2.90. The normalized spacial score (nSPS) is 19.2. The summed E-state index contributed by atoms with van der Waals surface area (Å²) in [6, 6.07) is 0. The lowest BCUT2D eigenvalue weighted by Gasteiger charge is -2.23. The number of thiol groups is 1. The van der Waals surface area contributed by atoms with Gasteiger partial charge in [0.1, 0.15) is 13.2 Å². The van der Waals surface area contributed by atoms with Crippen LogP contribution in [0, 0.1) is 0 Å². The summed E-state index contributed by atoms with van der Waals surface area (Å²) in [6.07, 6.45) is 0. The molecule has 0 unspecified atom stereocenters. The van der Waals surface area contributed by atoms with Gasteiger partial charge in [-0.25, -0.2) is 0 Å². The molecule has 0 aromatic carbocycles. The van der Waals surface area contributed by atoms with Crippen molar-refractivity contribution in [2.24, 2.45) is 0 Å². The third kappa shape index (κ3) is 1.94. The van der Waals surface area contributed by atoms with E-state index in [0.29, 0.717) is 12.3 Å². The second-order valence-electron chi connectivity index (χ2n) is 2.16. The van der Waals surface area contributed by atoms with E-state index in [1.54, 1.807) is 0 Å². The molecule has 0 aromatic rings. The summed E-state index contributed by atoms with van der Waals surface area (Å²) in [5.41, 5.74) is 0. The van der Waals surface area contributed by atoms with E-state index in [9.17, 15) is 9.59 Å². The summed E-state index contributed by atoms with van der Waals surface area (Å²) < 4.78 is 4.70. The van der Waals surface area contributed by atoms with Gasteiger partial charge in [0.25, 0.3) is 11.8 Å². The fourth-order valence-corrected chi connectivity index (χ4v) is 1.07. The van der Waals surface area contributed by atoms with Gasteiger partial charge >= 0.3 is 0 Å². The number of imide groups is 1. The van der Waals surface area contributed by atoms with Crippen LogP contribution in [0.15, 0.2) is 0 Å². The zero-order valence-electron chi connectivity index (χ0n) is 5.95. The second kappa shape index (κ2) is 3.73. The van der Waals surface area contributed by atoms with Crippen LogP contribution in [0.5, 0.6) is 0 Å². The molecule has 1 heterocycles. The van der Waals surface area contributed by atoms with Crippen molar-refractivity contribution >= 4 is 24.4 Å². The first-order valence-electron chi connectivity index (χ1n) is 3.27. The van der Waals surface area contributed by atoms with Gasteiger partial charge in [-0.2, -0.15) is 12.6 Å². The number of carbonyl (C=O) groups excluding carboxylic acids is 2. The molecule has 1 aliphatic heterocycles. The molecule has 0 bridgehead atoms. The number of hydrogen-bond acceptors (Lipinski definition) is 4. The van der Waals surface area contributed by atoms with Gasteiger partial charge in [0.05, 0.1) is 0 Å². The van der Waals surface area contributed by atoms with Crippen LogP contribution in [0.3, 0.4) is 0 Å². The lowest BCUT2D eigenvalue weighted by atomic mass is 10.4. The van der Waals surface area contributed by atoms with Gasteiger partial charge in [-0.05, 0) is 0 Å². The fourth-order valence-electron chi connectivity index (χ4n) is 0.870. The largest absolute Gasteiger partial charge is 0.362 e. The average Bonchev–Trinajstić information content (AvgIpc) is 1.97. The molecule has 0 atom stereocenters. The highest BCUT2D eigenvalue weighted by Crippen LogP contribution is 2.00. The standard InChI is InChI=1S/C6H9NO3S/c8-5-3-10-4-6(9)7(5)1-2-11/h11H,1-4H2. The number of rotatable bonds is 2. The minimum absolute atomic E-state index is 0.0134. The number of amides is 2. The van der Waals surface area contributed by atoms with Gasteiger partial charge in [-0.3, -0.25) is 14.5 Å². The highest BCUT2D eigenvalue weighted by molar-refractivity contribution is 7.80. The van der Waals surface area contributed by atoms with E-state index in [0.717, 1.165) is 0 Å². The first-order chi connectivity index (χ1) is 5.25. The third-order valence-electron chi connectivity index (χ3n) is 1.38. The van der Waals surface area contributed by atoms with Crippen molar-refractivity contribution in [1.82, 2.24) is 4.90 Å². The molecule has 5 heteroatoms. The number of morpholine rings is 1. The van der Waals surface area contributed by atoms with Gasteiger partial charge in [0.15, 0.2) is 0 Å². The van der Waals surface area contributed by atoms with Crippen molar-refractivity contribution < 1.29 is 14.3 Å². The van der Waals surface area contributed by atoms with E-state index in [-0.39, 0.29) is 25.0 Å². The van der Waals surface area contributed by atoms with Crippen LogP contribution in [-0.2, 0) is 14.3 Å². The molecule has 62 valence electrons. The van der Waals surface area contributed by atoms with Gasteiger partial charge in [0, 0.05) is 12.3 Å². The summed E-state index contributed by atoms with van der Waals surface area (Å²) in [5, 5.41) is 0. The number of carbonyl (C=O) groups is 2. The topological polar surface area (TPSA) is 46.6 Å². The summed E-state index contributed by atoms with van der Waals surface area (Å²) in [4.78, 5) is 23.1. The Morgan fingerprint density at radius 2 is 1.91 bits per heavy atom. The van der Waals surface area contributed by atoms with E-state index in [2.05, 4.69) is 12.6 Å². The molecular formula is C6H9NO3S. The molecule has 1 saturated heterocycles. The summed E-state index contributed by atoms with van der Waals surface area (Å²) in [5.74, 6) is -0.0390. The van der Waals surface area contributed by atoms with Crippen LogP contribution in [0.2, 0.25) is 0 Å². The quantitative estimate of drug-likeness (QED) is 0.446. The van der Waals surface area contributed by atoms with Gasteiger partial charge < -0.3 is 4.74 Å². The van der Waals surface area contributed by atoms with E-state index in [1.165, 1.54) is 4.90 Å². The maximum absolute atomic E-state index is 10.9. The summed E-state index contributed by atoms with van der Waals surface area (Å²) in [6.45, 7) is 0.406. The Labute approximate surface area is 69.9 Å². The molecule has 0 N–H and O–H groups in total. The van der Waals surface area contributed by atoms with Crippen LogP contribution in [0.25, 0.3) is 0 Å². The lowest BCUT2D eigenvalue weighted by Crippen LogP contribution is -2.46. The van der Waals surface area contributed by atoms with Gasteiger partial charge in [0.2, 0.25) is 0 Å². The first kappa shape index (κ1) is 8.55. The molecular weight excluding hydrogens is 166 g/mol. The smallest absolute Gasteiger partial charge is 0.255 e. The van der Waals surface area contributed by atoms with Crippen molar-refractivity contribution in [1.29, 1.82) is 0 Å². The summed E-state index contributed by atoms with van der Waals surface area (Å²) >= 11 is 3.93. The maximum Gasteiger partial charge on any atom is 0.255 e. The summed E-state index contributed by atoms with van der Waals surface area (Å²) in [7, 11) is 0. The van der Waals surface area contributed by atoms with E-state index in [1.807, 2.05) is 0 Å². The molecule has 11 heavy (non-hydrogen) atoms. The van der Waals surface area contributed by atoms with Crippen LogP contribution in [0.4, 0.5) is 0 Å². The van der Waals surface area contributed by atoms with E-state index >= 15 is 0 Å². The molecule has 4 nitrogen and oxygen atoms in total. The van der Waals surface area contributed by atoms with Crippen molar-refractivity contribution in [2.75, 3.05) is 25.5 Å². The highest BCUT2D eigenvalue weighted by atomic mass is 32.1. The Hall–Kier alpha value is -0.550. The molecule has 2 amide bonds. The molecule has 1 rings (SSSR count). The number of hydrogen-bond donors (Lipinski definition) is 1. The number of ether oxygens (including phenoxy) is 1. The van der Waals surface area contributed by atoms with Crippen LogP contribution >= 0.6 is 12.6 Å².